The maximum atomic E-state index is 12.2. The Bertz CT molecular complexity index is 913. The van der Waals surface area contributed by atoms with Gasteiger partial charge < -0.3 is 5.32 Å². The second kappa shape index (κ2) is 7.64. The Morgan fingerprint density at radius 3 is 2.44 bits per heavy atom. The van der Waals surface area contributed by atoms with E-state index in [0.717, 1.165) is 22.1 Å². The third kappa shape index (κ3) is 4.16. The Morgan fingerprint density at radius 2 is 1.84 bits per heavy atom. The molecule has 0 radical (unpaired) electrons. The predicted molar refractivity (Wildman–Crippen MR) is 94.2 cm³/mol. The SMILES string of the molecule is CN(C)S(=O)(=O)c1ccc(Sc2ccccc2NC=O)c([N+](=O)[O-])c1. The Balaban J connectivity index is 2.50. The number of amides is 1. The smallest absolute Gasteiger partial charge is 0.284 e. The molecule has 1 N–H and O–H groups in total. The number of nitro groups is 1. The van der Waals surface area contributed by atoms with Gasteiger partial charge >= 0.3 is 0 Å². The van der Waals surface area contributed by atoms with E-state index in [1.165, 1.54) is 26.2 Å². The van der Waals surface area contributed by atoms with Gasteiger partial charge in [0.1, 0.15) is 0 Å². The molecule has 2 rings (SSSR count). The molecule has 2 aromatic carbocycles. The molecule has 0 saturated heterocycles. The number of hydrogen-bond acceptors (Lipinski definition) is 6. The van der Waals surface area contributed by atoms with Gasteiger partial charge in [0.2, 0.25) is 16.4 Å². The fourth-order valence-electron chi connectivity index (χ4n) is 1.95. The molecule has 0 spiro atoms. The third-order valence-electron chi connectivity index (χ3n) is 3.23. The van der Waals surface area contributed by atoms with Crippen LogP contribution >= 0.6 is 11.8 Å². The van der Waals surface area contributed by atoms with Crippen LogP contribution in [0.1, 0.15) is 0 Å². The van der Waals surface area contributed by atoms with Gasteiger partial charge in [-0.2, -0.15) is 0 Å². The number of nitro benzene ring substituents is 1. The topological polar surface area (TPSA) is 110 Å². The van der Waals surface area contributed by atoms with Crippen molar-refractivity contribution in [2.75, 3.05) is 19.4 Å². The zero-order valence-electron chi connectivity index (χ0n) is 13.4. The summed E-state index contributed by atoms with van der Waals surface area (Å²) >= 11 is 1.07. The van der Waals surface area contributed by atoms with Gasteiger partial charge in [0.25, 0.3) is 5.69 Å². The molecular formula is C15H15N3O5S2. The Labute approximate surface area is 149 Å². The molecule has 0 aromatic heterocycles. The minimum Gasteiger partial charge on any atom is -0.328 e. The number of para-hydroxylation sites is 1. The van der Waals surface area contributed by atoms with Gasteiger partial charge in [-0.25, -0.2) is 12.7 Å². The van der Waals surface area contributed by atoms with Crippen LogP contribution < -0.4 is 5.32 Å². The number of rotatable bonds is 7. The van der Waals surface area contributed by atoms with Crippen LogP contribution in [0.25, 0.3) is 0 Å². The zero-order valence-corrected chi connectivity index (χ0v) is 15.0. The molecule has 0 aliphatic heterocycles. The molecular weight excluding hydrogens is 366 g/mol. The number of benzene rings is 2. The van der Waals surface area contributed by atoms with Crippen molar-refractivity contribution < 1.29 is 18.1 Å². The summed E-state index contributed by atoms with van der Waals surface area (Å²) in [7, 11) is -1.07. The van der Waals surface area contributed by atoms with Gasteiger partial charge in [0.05, 0.1) is 20.4 Å². The second-order valence-corrected chi connectivity index (χ2v) is 8.27. The summed E-state index contributed by atoms with van der Waals surface area (Å²) in [6.07, 6.45) is 0.514. The quantitative estimate of drug-likeness (QED) is 0.448. The van der Waals surface area contributed by atoms with Crippen molar-refractivity contribution in [1.29, 1.82) is 0 Å². The number of nitrogens with one attached hydrogen (secondary N) is 1. The standard InChI is InChI=1S/C15H15N3O5S2/c1-17(2)25(22,23)11-7-8-15(13(9-11)18(20)21)24-14-6-4-3-5-12(14)16-10-19/h3-10H,1-2H3,(H,16,19). The maximum absolute atomic E-state index is 12.2. The molecule has 0 aliphatic rings. The van der Waals surface area contributed by atoms with Gasteiger partial charge in [0.15, 0.2) is 0 Å². The van der Waals surface area contributed by atoms with Crippen molar-refractivity contribution in [1.82, 2.24) is 4.31 Å². The van der Waals surface area contributed by atoms with E-state index in [0.29, 0.717) is 17.0 Å². The number of sulfonamides is 1. The van der Waals surface area contributed by atoms with Crippen molar-refractivity contribution in [3.05, 3.63) is 52.6 Å². The van der Waals surface area contributed by atoms with Crippen LogP contribution in [0.3, 0.4) is 0 Å². The van der Waals surface area contributed by atoms with E-state index >= 15 is 0 Å². The van der Waals surface area contributed by atoms with E-state index in [1.807, 2.05) is 0 Å². The van der Waals surface area contributed by atoms with E-state index in [1.54, 1.807) is 24.3 Å². The van der Waals surface area contributed by atoms with Crippen LogP contribution in [0.2, 0.25) is 0 Å². The van der Waals surface area contributed by atoms with Crippen LogP contribution in [0, 0.1) is 10.1 Å². The van der Waals surface area contributed by atoms with Crippen LogP contribution in [-0.2, 0) is 14.8 Å². The number of carbonyl (C=O) groups excluding carboxylic acids is 1. The average Bonchev–Trinajstić information content (AvgIpc) is 2.56. The van der Waals surface area contributed by atoms with Crippen molar-refractivity contribution in [3.63, 3.8) is 0 Å². The lowest BCUT2D eigenvalue weighted by Gasteiger charge is -2.12. The molecule has 8 nitrogen and oxygen atoms in total. The largest absolute Gasteiger partial charge is 0.328 e. The van der Waals surface area contributed by atoms with Crippen molar-refractivity contribution in [3.8, 4) is 0 Å². The first-order valence-electron chi connectivity index (χ1n) is 6.95. The Morgan fingerprint density at radius 1 is 1.16 bits per heavy atom. The van der Waals surface area contributed by atoms with Crippen LogP contribution in [0.4, 0.5) is 11.4 Å². The molecule has 0 aliphatic carbocycles. The molecule has 2 aromatic rings. The molecule has 0 atom stereocenters. The monoisotopic (exact) mass is 381 g/mol. The molecule has 0 unspecified atom stereocenters. The predicted octanol–water partition coefficient (Wildman–Crippen LogP) is 2.56. The Hall–Kier alpha value is -2.43. The first kappa shape index (κ1) is 18.9. The lowest BCUT2D eigenvalue weighted by molar-refractivity contribution is -0.388. The molecule has 1 amide bonds. The highest BCUT2D eigenvalue weighted by molar-refractivity contribution is 7.99. The summed E-state index contributed by atoms with van der Waals surface area (Å²) in [6, 6.07) is 10.6. The first-order valence-corrected chi connectivity index (χ1v) is 9.21. The fourth-order valence-corrected chi connectivity index (χ4v) is 3.87. The highest BCUT2D eigenvalue weighted by Crippen LogP contribution is 2.39. The molecule has 25 heavy (non-hydrogen) atoms. The van der Waals surface area contributed by atoms with Gasteiger partial charge in [-0.15, -0.1) is 0 Å². The summed E-state index contributed by atoms with van der Waals surface area (Å²) < 4.78 is 25.3. The summed E-state index contributed by atoms with van der Waals surface area (Å²) in [6.45, 7) is 0. The van der Waals surface area contributed by atoms with Crippen molar-refractivity contribution >= 4 is 39.6 Å². The molecule has 132 valence electrons. The van der Waals surface area contributed by atoms with Crippen LogP contribution in [0.5, 0.6) is 0 Å². The highest BCUT2D eigenvalue weighted by Gasteiger charge is 2.24. The minimum absolute atomic E-state index is 0.159. The maximum Gasteiger partial charge on any atom is 0.284 e. The van der Waals surface area contributed by atoms with E-state index in [2.05, 4.69) is 5.32 Å². The molecule has 0 fully saturated rings. The van der Waals surface area contributed by atoms with Crippen molar-refractivity contribution in [2.45, 2.75) is 14.7 Å². The Kier molecular flexibility index (Phi) is 5.77. The number of hydrogen-bond donors (Lipinski definition) is 1. The van der Waals surface area contributed by atoms with Gasteiger partial charge in [-0.3, -0.25) is 14.9 Å². The second-order valence-electron chi connectivity index (χ2n) is 5.03. The molecule has 0 heterocycles. The lowest BCUT2D eigenvalue weighted by atomic mass is 10.3. The van der Waals surface area contributed by atoms with Gasteiger partial charge in [-0.05, 0) is 24.3 Å². The summed E-state index contributed by atoms with van der Waals surface area (Å²) in [5.74, 6) is 0. The summed E-state index contributed by atoms with van der Waals surface area (Å²) in [5.41, 5.74) is 0.176. The van der Waals surface area contributed by atoms with Crippen molar-refractivity contribution in [2.24, 2.45) is 0 Å². The van der Waals surface area contributed by atoms with E-state index in [9.17, 15) is 23.3 Å². The third-order valence-corrected chi connectivity index (χ3v) is 6.18. The number of carbonyl (C=O) groups is 1. The normalized spacial score (nSPS) is 11.3. The minimum atomic E-state index is -3.78. The summed E-state index contributed by atoms with van der Waals surface area (Å²) in [5, 5.41) is 13.9. The molecule has 0 saturated carbocycles. The summed E-state index contributed by atoms with van der Waals surface area (Å²) in [4.78, 5) is 22.1. The van der Waals surface area contributed by atoms with Gasteiger partial charge in [0, 0.05) is 25.1 Å². The number of anilines is 1. The molecule has 0 bridgehead atoms. The highest BCUT2D eigenvalue weighted by atomic mass is 32.2. The van der Waals surface area contributed by atoms with E-state index < -0.39 is 14.9 Å². The van der Waals surface area contributed by atoms with Crippen LogP contribution in [0.15, 0.2) is 57.2 Å². The van der Waals surface area contributed by atoms with Gasteiger partial charge in [-0.1, -0.05) is 23.9 Å². The van der Waals surface area contributed by atoms with Crippen LogP contribution in [-0.4, -0.2) is 38.2 Å². The molecule has 10 heteroatoms. The van der Waals surface area contributed by atoms with E-state index in [4.69, 9.17) is 0 Å². The van der Waals surface area contributed by atoms with E-state index in [-0.39, 0.29) is 15.5 Å². The lowest BCUT2D eigenvalue weighted by Crippen LogP contribution is -2.22. The fraction of sp³-hybridized carbons (Fsp3) is 0.133. The first-order chi connectivity index (χ1) is 11.8. The number of nitrogens with zero attached hydrogens (tertiary/aromatic N) is 2. The average molecular weight is 381 g/mol. The zero-order chi connectivity index (χ0) is 18.6.